The molecule has 18 heavy (non-hydrogen) atoms. The van der Waals surface area contributed by atoms with Crippen LogP contribution in [0.15, 0.2) is 10.9 Å². The zero-order chi connectivity index (χ0) is 12.8. The summed E-state index contributed by atoms with van der Waals surface area (Å²) in [7, 11) is 1.63. The number of aromatic nitrogens is 2. The Morgan fingerprint density at radius 2 is 2.33 bits per heavy atom. The molecule has 1 aliphatic heterocycles. The monoisotopic (exact) mass is 253 g/mol. The fraction of sp³-hybridized carbons (Fsp3) is 0.667. The number of nitrogens with one attached hydrogen (secondary N) is 1. The van der Waals surface area contributed by atoms with Crippen molar-refractivity contribution in [1.29, 1.82) is 0 Å². The van der Waals surface area contributed by atoms with Gasteiger partial charge in [0.05, 0.1) is 37.7 Å². The smallest absolute Gasteiger partial charge is 0.268 e. The normalized spacial score (nSPS) is 14.1. The second-order valence-corrected chi connectivity index (χ2v) is 4.20. The molecule has 0 saturated heterocycles. The van der Waals surface area contributed by atoms with E-state index in [2.05, 4.69) is 10.4 Å². The van der Waals surface area contributed by atoms with Gasteiger partial charge in [0.1, 0.15) is 0 Å². The first kappa shape index (κ1) is 13.0. The quantitative estimate of drug-likeness (QED) is 0.737. The molecule has 6 nitrogen and oxygen atoms in total. The fourth-order valence-corrected chi connectivity index (χ4v) is 1.90. The van der Waals surface area contributed by atoms with Crippen LogP contribution < -0.4 is 10.9 Å². The Bertz CT molecular complexity index is 445. The van der Waals surface area contributed by atoms with E-state index in [-0.39, 0.29) is 5.56 Å². The van der Waals surface area contributed by atoms with E-state index in [1.165, 1.54) is 4.68 Å². The Morgan fingerprint density at radius 1 is 1.44 bits per heavy atom. The van der Waals surface area contributed by atoms with E-state index in [0.717, 1.165) is 30.8 Å². The van der Waals surface area contributed by atoms with Crippen LogP contribution >= 0.6 is 0 Å². The first-order chi connectivity index (χ1) is 8.81. The van der Waals surface area contributed by atoms with Gasteiger partial charge in [0, 0.05) is 19.7 Å². The third kappa shape index (κ3) is 3.30. The van der Waals surface area contributed by atoms with Crippen molar-refractivity contribution in [3.05, 3.63) is 22.1 Å². The summed E-state index contributed by atoms with van der Waals surface area (Å²) in [5.74, 6) is 0. The maximum atomic E-state index is 11.8. The maximum absolute atomic E-state index is 11.8. The minimum Gasteiger partial charge on any atom is -0.383 e. The van der Waals surface area contributed by atoms with Crippen molar-refractivity contribution >= 4 is 5.69 Å². The Balaban J connectivity index is 1.94. The van der Waals surface area contributed by atoms with Crippen molar-refractivity contribution in [2.24, 2.45) is 0 Å². The minimum absolute atomic E-state index is 0.0847. The number of methoxy groups -OCH3 is 1. The van der Waals surface area contributed by atoms with Crippen LogP contribution in [0.4, 0.5) is 5.69 Å². The van der Waals surface area contributed by atoms with Gasteiger partial charge in [-0.15, -0.1) is 0 Å². The molecule has 0 aromatic carbocycles. The molecule has 1 N–H and O–H groups in total. The summed E-state index contributed by atoms with van der Waals surface area (Å²) < 4.78 is 11.7. The molecular formula is C12H19N3O3. The molecule has 0 aliphatic carbocycles. The molecule has 6 heteroatoms. The summed E-state index contributed by atoms with van der Waals surface area (Å²) in [6.07, 6.45) is 1.98. The predicted molar refractivity (Wildman–Crippen MR) is 68.0 cm³/mol. The summed E-state index contributed by atoms with van der Waals surface area (Å²) in [4.78, 5) is 11.8. The predicted octanol–water partition coefficient (Wildman–Crippen LogP) is 0.264. The lowest BCUT2D eigenvalue weighted by Crippen LogP contribution is -2.28. The molecule has 0 amide bonds. The van der Waals surface area contributed by atoms with Gasteiger partial charge in [-0.2, -0.15) is 5.10 Å². The first-order valence-electron chi connectivity index (χ1n) is 6.23. The van der Waals surface area contributed by atoms with Gasteiger partial charge >= 0.3 is 0 Å². The van der Waals surface area contributed by atoms with E-state index in [1.807, 2.05) is 0 Å². The summed E-state index contributed by atoms with van der Waals surface area (Å²) in [5.41, 5.74) is 1.76. The second kappa shape index (κ2) is 6.51. The van der Waals surface area contributed by atoms with Crippen molar-refractivity contribution < 1.29 is 9.47 Å². The highest BCUT2D eigenvalue weighted by atomic mass is 16.5. The molecule has 0 saturated carbocycles. The van der Waals surface area contributed by atoms with Crippen LogP contribution in [0.5, 0.6) is 0 Å². The number of hydrogen-bond acceptors (Lipinski definition) is 5. The van der Waals surface area contributed by atoms with E-state index < -0.39 is 0 Å². The Labute approximate surface area is 106 Å². The number of fused-ring (bicyclic) bond motifs is 1. The molecule has 0 fully saturated rings. The zero-order valence-electron chi connectivity index (χ0n) is 10.6. The topological polar surface area (TPSA) is 65.4 Å². The van der Waals surface area contributed by atoms with Crippen LogP contribution in [0.3, 0.4) is 0 Å². The number of ether oxygens (including phenoxy) is 2. The van der Waals surface area contributed by atoms with E-state index in [1.54, 1.807) is 13.2 Å². The van der Waals surface area contributed by atoms with Crippen LogP contribution in [0.2, 0.25) is 0 Å². The third-order valence-corrected chi connectivity index (χ3v) is 2.86. The van der Waals surface area contributed by atoms with Gasteiger partial charge in [0.15, 0.2) is 0 Å². The second-order valence-electron chi connectivity index (χ2n) is 4.20. The first-order valence-corrected chi connectivity index (χ1v) is 6.23. The number of anilines is 1. The molecule has 1 aromatic rings. The van der Waals surface area contributed by atoms with Gasteiger partial charge in [-0.25, -0.2) is 4.68 Å². The summed E-state index contributed by atoms with van der Waals surface area (Å²) in [6.45, 7) is 2.98. The highest BCUT2D eigenvalue weighted by Crippen LogP contribution is 2.16. The van der Waals surface area contributed by atoms with Crippen molar-refractivity contribution in [1.82, 2.24) is 9.78 Å². The molecule has 0 bridgehead atoms. The van der Waals surface area contributed by atoms with Crippen molar-refractivity contribution in [2.75, 3.05) is 38.8 Å². The average molecular weight is 253 g/mol. The maximum Gasteiger partial charge on any atom is 0.268 e. The van der Waals surface area contributed by atoms with E-state index in [4.69, 9.17) is 9.47 Å². The molecular weight excluding hydrogens is 234 g/mol. The molecule has 0 spiro atoms. The lowest BCUT2D eigenvalue weighted by molar-refractivity contribution is 0.0648. The molecule has 100 valence electrons. The zero-order valence-corrected chi connectivity index (χ0v) is 10.6. The van der Waals surface area contributed by atoms with Crippen LogP contribution in [0.1, 0.15) is 12.1 Å². The Kier molecular flexibility index (Phi) is 4.72. The van der Waals surface area contributed by atoms with Gasteiger partial charge in [0.2, 0.25) is 0 Å². The highest BCUT2D eigenvalue weighted by molar-refractivity contribution is 5.48. The van der Waals surface area contributed by atoms with Gasteiger partial charge in [-0.1, -0.05) is 0 Å². The highest BCUT2D eigenvalue weighted by Gasteiger charge is 2.12. The Hall–Kier alpha value is -1.40. The molecule has 1 aliphatic rings. The Morgan fingerprint density at radius 3 is 3.17 bits per heavy atom. The van der Waals surface area contributed by atoms with Crippen molar-refractivity contribution in [2.45, 2.75) is 19.4 Å². The van der Waals surface area contributed by atoms with Gasteiger partial charge in [-0.3, -0.25) is 4.79 Å². The molecule has 0 unspecified atom stereocenters. The largest absolute Gasteiger partial charge is 0.383 e. The summed E-state index contributed by atoms with van der Waals surface area (Å²) >= 11 is 0. The number of hydrogen-bond donors (Lipinski definition) is 1. The number of rotatable bonds is 6. The number of aryl methyl sites for hydroxylation is 1. The minimum atomic E-state index is -0.0847. The van der Waals surface area contributed by atoms with Crippen LogP contribution in [-0.4, -0.2) is 43.3 Å². The molecule has 0 radical (unpaired) electrons. The van der Waals surface area contributed by atoms with Gasteiger partial charge in [0.25, 0.3) is 5.56 Å². The fourth-order valence-electron chi connectivity index (χ4n) is 1.90. The van der Waals surface area contributed by atoms with E-state index in [9.17, 15) is 4.79 Å². The average Bonchev–Trinajstić information content (AvgIpc) is 2.39. The van der Waals surface area contributed by atoms with Crippen LogP contribution in [-0.2, 0) is 22.4 Å². The van der Waals surface area contributed by atoms with Crippen LogP contribution in [0.25, 0.3) is 0 Å². The molecule has 0 atom stereocenters. The third-order valence-electron chi connectivity index (χ3n) is 2.86. The van der Waals surface area contributed by atoms with Crippen molar-refractivity contribution in [3.63, 3.8) is 0 Å². The van der Waals surface area contributed by atoms with E-state index in [0.29, 0.717) is 26.4 Å². The van der Waals surface area contributed by atoms with Gasteiger partial charge in [-0.05, 0) is 12.8 Å². The van der Waals surface area contributed by atoms with Gasteiger partial charge < -0.3 is 14.8 Å². The SMILES string of the molecule is COCCOCCn1nc2c(cc1=O)NCCC2. The lowest BCUT2D eigenvalue weighted by atomic mass is 10.1. The lowest BCUT2D eigenvalue weighted by Gasteiger charge is -2.17. The van der Waals surface area contributed by atoms with Crippen LogP contribution in [0, 0.1) is 0 Å². The molecule has 2 heterocycles. The molecule has 1 aromatic heterocycles. The molecule has 2 rings (SSSR count). The van der Waals surface area contributed by atoms with E-state index >= 15 is 0 Å². The standard InChI is InChI=1S/C12H19N3O3/c1-17-7-8-18-6-5-15-12(16)9-11-10(14-15)3-2-4-13-11/h9,13H,2-8H2,1H3. The summed E-state index contributed by atoms with van der Waals surface area (Å²) in [6, 6.07) is 1.62. The number of nitrogens with zero attached hydrogens (tertiary/aromatic N) is 2. The summed E-state index contributed by atoms with van der Waals surface area (Å²) in [5, 5.41) is 7.55. The van der Waals surface area contributed by atoms with Crippen molar-refractivity contribution in [3.8, 4) is 0 Å².